The van der Waals surface area contributed by atoms with E-state index in [0.717, 1.165) is 0 Å². The molecule has 1 aromatic rings. The van der Waals surface area contributed by atoms with Crippen molar-refractivity contribution in [2.24, 2.45) is 0 Å². The molecule has 0 aliphatic carbocycles. The molecule has 0 aliphatic rings. The largest absolute Gasteiger partial charge is 1.00 e. The van der Waals surface area contributed by atoms with Gasteiger partial charge in [0.2, 0.25) is 0 Å². The number of benzene rings is 1. The average molecular weight is 190 g/mol. The zero-order chi connectivity index (χ0) is 8.97. The summed E-state index contributed by atoms with van der Waals surface area (Å²) < 4.78 is 9.78. The van der Waals surface area contributed by atoms with E-state index in [2.05, 4.69) is 0 Å². The van der Waals surface area contributed by atoms with Crippen molar-refractivity contribution in [2.75, 3.05) is 7.11 Å². The molecule has 1 rings (SSSR count). The molecule has 13 heavy (non-hydrogen) atoms. The Morgan fingerprint density at radius 3 is 2.54 bits per heavy atom. The van der Waals surface area contributed by atoms with Crippen LogP contribution in [0.15, 0.2) is 24.3 Å². The summed E-state index contributed by atoms with van der Waals surface area (Å²) in [5.74, 6) is 0.846. The molecule has 0 spiro atoms. The molecule has 1 aromatic carbocycles. The van der Waals surface area contributed by atoms with E-state index >= 15 is 0 Å². The molecule has 0 bridgehead atoms. The molecule has 0 N–H and O–H groups in total. The molecular formula is C9H11NaO3. The van der Waals surface area contributed by atoms with Crippen LogP contribution in [0.2, 0.25) is 0 Å². The van der Waals surface area contributed by atoms with Crippen LogP contribution in [0.3, 0.4) is 0 Å². The van der Waals surface area contributed by atoms with Crippen LogP contribution in [0.4, 0.5) is 0 Å². The Hall–Kier alpha value is -0.510. The summed E-state index contributed by atoms with van der Waals surface area (Å²) in [5, 5.41) is 0. The van der Waals surface area contributed by atoms with Gasteiger partial charge >= 0.3 is 35.5 Å². The van der Waals surface area contributed by atoms with Crippen LogP contribution < -0.4 is 39.0 Å². The minimum absolute atomic E-state index is 0. The van der Waals surface area contributed by atoms with E-state index < -0.39 is 0 Å². The molecule has 0 radical (unpaired) electrons. The van der Waals surface area contributed by atoms with Gasteiger partial charge in [0.25, 0.3) is 0 Å². The van der Waals surface area contributed by atoms with Crippen LogP contribution in [-0.2, 0) is 4.79 Å². The maximum Gasteiger partial charge on any atom is 1.00 e. The molecular weight excluding hydrogens is 179 g/mol. The molecule has 0 aromatic heterocycles. The van der Waals surface area contributed by atoms with Gasteiger partial charge in [-0.2, -0.15) is 0 Å². The van der Waals surface area contributed by atoms with E-state index in [1.54, 1.807) is 31.4 Å². The molecule has 0 saturated heterocycles. The third-order valence-electron chi connectivity index (χ3n) is 1.30. The summed E-state index contributed by atoms with van der Waals surface area (Å²) >= 11 is 0. The average Bonchev–Trinajstić information content (AvgIpc) is 2.03. The molecule has 0 heterocycles. The third kappa shape index (κ3) is 4.31. The number of esters is 1. The van der Waals surface area contributed by atoms with Crippen molar-refractivity contribution in [1.29, 1.82) is 0 Å². The smallest absolute Gasteiger partial charge is 1.00 e. The second kappa shape index (κ2) is 6.02. The monoisotopic (exact) mass is 190 g/mol. The number of carbonyl (C=O) groups excluding carboxylic acids is 1. The Bertz CT molecular complexity index is 291. The van der Waals surface area contributed by atoms with E-state index in [0.29, 0.717) is 11.5 Å². The number of carbonyl (C=O) groups is 1. The van der Waals surface area contributed by atoms with Crippen molar-refractivity contribution in [2.45, 2.75) is 6.92 Å². The number of hydrogen-bond donors (Lipinski definition) is 0. The van der Waals surface area contributed by atoms with Gasteiger partial charge in [0, 0.05) is 13.0 Å². The predicted octanol–water partition coefficient (Wildman–Crippen LogP) is -1.26. The predicted molar refractivity (Wildman–Crippen MR) is 45.4 cm³/mol. The molecule has 0 saturated carbocycles. The summed E-state index contributed by atoms with van der Waals surface area (Å²) in [7, 11) is 1.56. The van der Waals surface area contributed by atoms with Crippen LogP contribution in [0.1, 0.15) is 8.35 Å². The second-order valence-electron chi connectivity index (χ2n) is 2.27. The van der Waals surface area contributed by atoms with Gasteiger partial charge in [-0.05, 0) is 12.1 Å². The molecule has 0 amide bonds. The molecule has 0 unspecified atom stereocenters. The minimum Gasteiger partial charge on any atom is -1.00 e. The molecule has 3 nitrogen and oxygen atoms in total. The van der Waals surface area contributed by atoms with Crippen molar-refractivity contribution in [3.05, 3.63) is 24.3 Å². The van der Waals surface area contributed by atoms with Gasteiger partial charge in [-0.3, -0.25) is 4.79 Å². The fourth-order valence-electron chi connectivity index (χ4n) is 0.831. The summed E-state index contributed by atoms with van der Waals surface area (Å²) in [6, 6.07) is 6.90. The molecule has 0 fully saturated rings. The van der Waals surface area contributed by atoms with Crippen LogP contribution in [0.5, 0.6) is 11.5 Å². The zero-order valence-electron chi connectivity index (χ0n) is 9.03. The van der Waals surface area contributed by atoms with E-state index in [9.17, 15) is 4.79 Å². The fraction of sp³-hybridized carbons (Fsp3) is 0.222. The Labute approximate surface area is 101 Å². The van der Waals surface area contributed by atoms with Gasteiger partial charge in [0.15, 0.2) is 0 Å². The van der Waals surface area contributed by atoms with E-state index in [4.69, 9.17) is 9.47 Å². The van der Waals surface area contributed by atoms with Crippen LogP contribution in [0, 0.1) is 0 Å². The van der Waals surface area contributed by atoms with E-state index in [-0.39, 0.29) is 37.0 Å². The van der Waals surface area contributed by atoms with Crippen molar-refractivity contribution < 1.29 is 45.3 Å². The minimum atomic E-state index is -0.330. The first-order chi connectivity index (χ1) is 5.72. The van der Waals surface area contributed by atoms with E-state index in [1.165, 1.54) is 6.92 Å². The Kier molecular flexibility index (Phi) is 5.79. The van der Waals surface area contributed by atoms with Crippen molar-refractivity contribution in [1.82, 2.24) is 0 Å². The standard InChI is InChI=1S/C9H10O3.Na.H/c1-7(10)12-9-5-3-4-8(6-9)11-2;;/h3-6H,1-2H3;;/q;+1;-1. The van der Waals surface area contributed by atoms with Crippen LogP contribution in [0.25, 0.3) is 0 Å². The topological polar surface area (TPSA) is 35.5 Å². The van der Waals surface area contributed by atoms with Crippen LogP contribution in [-0.4, -0.2) is 13.1 Å². The molecule has 4 heteroatoms. The normalized spacial score (nSPS) is 8.46. The molecule has 66 valence electrons. The Morgan fingerprint density at radius 1 is 1.38 bits per heavy atom. The van der Waals surface area contributed by atoms with Gasteiger partial charge in [-0.15, -0.1) is 0 Å². The van der Waals surface area contributed by atoms with Gasteiger partial charge in [0.05, 0.1) is 7.11 Å². The first kappa shape index (κ1) is 12.5. The molecule has 0 aliphatic heterocycles. The number of ether oxygens (including phenoxy) is 2. The SMILES string of the molecule is COc1cccc(OC(C)=O)c1.[H-].[Na+]. The van der Waals surface area contributed by atoms with Gasteiger partial charge in [-0.1, -0.05) is 6.07 Å². The molecule has 0 atom stereocenters. The summed E-state index contributed by atoms with van der Waals surface area (Å²) in [6.45, 7) is 1.36. The number of hydrogen-bond acceptors (Lipinski definition) is 3. The van der Waals surface area contributed by atoms with E-state index in [1.807, 2.05) is 0 Å². The van der Waals surface area contributed by atoms with Crippen molar-refractivity contribution in [3.8, 4) is 11.5 Å². The van der Waals surface area contributed by atoms with Gasteiger partial charge < -0.3 is 10.9 Å². The summed E-state index contributed by atoms with van der Waals surface area (Å²) in [6.07, 6.45) is 0. The van der Waals surface area contributed by atoms with Crippen molar-refractivity contribution in [3.63, 3.8) is 0 Å². The fourth-order valence-corrected chi connectivity index (χ4v) is 0.831. The van der Waals surface area contributed by atoms with Crippen LogP contribution >= 0.6 is 0 Å². The quantitative estimate of drug-likeness (QED) is 0.331. The maximum absolute atomic E-state index is 10.5. The number of rotatable bonds is 2. The summed E-state index contributed by atoms with van der Waals surface area (Å²) in [4.78, 5) is 10.5. The Morgan fingerprint density at radius 2 is 2.00 bits per heavy atom. The number of methoxy groups -OCH3 is 1. The van der Waals surface area contributed by atoms with Crippen molar-refractivity contribution >= 4 is 5.97 Å². The Balaban J connectivity index is 0. The van der Waals surface area contributed by atoms with Gasteiger partial charge in [-0.25, -0.2) is 0 Å². The van der Waals surface area contributed by atoms with Gasteiger partial charge in [0.1, 0.15) is 11.5 Å². The maximum atomic E-state index is 10.5. The first-order valence-electron chi connectivity index (χ1n) is 3.55. The first-order valence-corrected chi connectivity index (χ1v) is 3.55. The second-order valence-corrected chi connectivity index (χ2v) is 2.27. The third-order valence-corrected chi connectivity index (χ3v) is 1.30. The zero-order valence-corrected chi connectivity index (χ0v) is 10.0. The summed E-state index contributed by atoms with van der Waals surface area (Å²) in [5.41, 5.74) is 0.